The smallest absolute Gasteiger partial charge is 0.267 e. The highest BCUT2D eigenvalue weighted by Gasteiger charge is 2.22. The van der Waals surface area contributed by atoms with Crippen LogP contribution in [0.5, 0.6) is 0 Å². The highest BCUT2D eigenvalue weighted by Crippen LogP contribution is 2.42. The van der Waals surface area contributed by atoms with Crippen molar-refractivity contribution in [3.05, 3.63) is 0 Å². The van der Waals surface area contributed by atoms with E-state index in [0.717, 1.165) is 0 Å². The van der Waals surface area contributed by atoms with Crippen molar-refractivity contribution in [2.75, 3.05) is 73.4 Å². The SMILES string of the molecule is C.C.C.CNCC(COP(=O)([O-])O)COP(=O)([O-])OCC(CNF)COP(=O)([O-])OCC(CNC)COP(=O)([O-])O. The van der Waals surface area contributed by atoms with Crippen LogP contribution in [0.3, 0.4) is 0 Å². The molecule has 0 saturated carbocycles. The molecule has 6 unspecified atom stereocenters. The molecule has 0 aliphatic rings. The van der Waals surface area contributed by atoms with Gasteiger partial charge in [-0.05, 0) is 14.1 Å². The van der Waals surface area contributed by atoms with Gasteiger partial charge in [0, 0.05) is 37.4 Å². The first-order valence-corrected chi connectivity index (χ1v) is 16.5. The van der Waals surface area contributed by atoms with Crippen LogP contribution in [-0.2, 0) is 45.4 Å². The molecule has 0 radical (unpaired) electrons. The molecule has 0 heterocycles. The minimum Gasteiger partial charge on any atom is -0.756 e. The van der Waals surface area contributed by atoms with Crippen LogP contribution in [0.4, 0.5) is 4.48 Å². The topological polar surface area (TPSA) is 292 Å². The van der Waals surface area contributed by atoms with E-state index >= 15 is 0 Å². The number of halogens is 1. The van der Waals surface area contributed by atoms with Gasteiger partial charge < -0.3 is 67.1 Å². The number of phosphoric ester groups is 4. The summed E-state index contributed by atoms with van der Waals surface area (Å²) in [6.07, 6.45) is 0. The van der Waals surface area contributed by atoms with Gasteiger partial charge in [-0.1, -0.05) is 22.3 Å². The molecular weight excluding hydrogens is 645 g/mol. The Labute approximate surface area is 240 Å². The molecule has 6 atom stereocenters. The standard InChI is InChI=1S/C14H36FN3O16P4.3CH4/c1-16-3-12(6-29-35(19,20)21)8-31-37(25,26)33-10-14(5-18-15)11-34-38(27,28)32-9-13(4-17-2)7-30-36(22,23)24;;;/h12-14,16-18H,3-11H2,1-2H3,(H,25,26)(H,27,28)(H2,19,20,21)(H2,22,23,24);3*1H4/p-4. The van der Waals surface area contributed by atoms with Gasteiger partial charge in [0.2, 0.25) is 0 Å². The summed E-state index contributed by atoms with van der Waals surface area (Å²) < 4.78 is 84.9. The van der Waals surface area contributed by atoms with Gasteiger partial charge in [0.15, 0.2) is 0 Å². The fourth-order valence-corrected chi connectivity index (χ4v) is 4.97. The lowest BCUT2D eigenvalue weighted by atomic mass is 10.2. The van der Waals surface area contributed by atoms with Crippen molar-refractivity contribution in [3.63, 3.8) is 0 Å². The first-order chi connectivity index (χ1) is 17.4. The maximum atomic E-state index is 12.6. The summed E-state index contributed by atoms with van der Waals surface area (Å²) in [5.41, 5.74) is 1.20. The van der Waals surface area contributed by atoms with Crippen LogP contribution in [0.2, 0.25) is 0 Å². The molecule has 0 aromatic carbocycles. The van der Waals surface area contributed by atoms with Gasteiger partial charge in [0.05, 0.1) is 39.6 Å². The predicted octanol–water partition coefficient (Wildman–Crippen LogP) is -1.39. The lowest BCUT2D eigenvalue weighted by Crippen LogP contribution is -2.30. The van der Waals surface area contributed by atoms with Gasteiger partial charge >= 0.3 is 0 Å². The van der Waals surface area contributed by atoms with E-state index in [1.165, 1.54) is 19.6 Å². The first-order valence-electron chi connectivity index (χ1n) is 10.6. The summed E-state index contributed by atoms with van der Waals surface area (Å²) in [6.45, 7) is -4.64. The molecule has 0 fully saturated rings. The Bertz CT molecular complexity index is 786. The zero-order chi connectivity index (χ0) is 29.5. The van der Waals surface area contributed by atoms with Gasteiger partial charge in [0.25, 0.3) is 31.3 Å². The van der Waals surface area contributed by atoms with E-state index < -0.39 is 95.2 Å². The molecule has 19 nitrogen and oxygen atoms in total. The van der Waals surface area contributed by atoms with E-state index in [1.807, 2.05) is 0 Å². The Morgan fingerprint density at radius 3 is 1.05 bits per heavy atom. The van der Waals surface area contributed by atoms with Crippen molar-refractivity contribution < 1.29 is 79.2 Å². The molecule has 5 N–H and O–H groups in total. The normalized spacial score (nSPS) is 19.4. The Hall–Kier alpha value is 0.250. The zero-order valence-electron chi connectivity index (χ0n) is 20.4. The van der Waals surface area contributed by atoms with Crippen LogP contribution >= 0.6 is 31.3 Å². The second kappa shape index (κ2) is 23.6. The Balaban J connectivity index is -0.00000228. The fourth-order valence-electron chi connectivity index (χ4n) is 2.44. The maximum absolute atomic E-state index is 12.6. The van der Waals surface area contributed by atoms with Crippen molar-refractivity contribution in [3.8, 4) is 0 Å². The van der Waals surface area contributed by atoms with Crippen LogP contribution in [-0.4, -0.2) is 83.2 Å². The van der Waals surface area contributed by atoms with E-state index in [0.29, 0.717) is 0 Å². The van der Waals surface area contributed by atoms with Crippen molar-refractivity contribution in [2.24, 2.45) is 17.8 Å². The molecule has 0 spiro atoms. The number of hydrogen-bond donors (Lipinski definition) is 5. The molecule has 24 heteroatoms. The summed E-state index contributed by atoms with van der Waals surface area (Å²) in [5, 5.41) is 5.26. The minimum atomic E-state index is -5.06. The summed E-state index contributed by atoms with van der Waals surface area (Å²) in [4.78, 5) is 62.7. The summed E-state index contributed by atoms with van der Waals surface area (Å²) in [5.74, 6) is -2.91. The number of rotatable bonds is 24. The van der Waals surface area contributed by atoms with Crippen molar-refractivity contribution in [1.82, 2.24) is 16.2 Å². The highest BCUT2D eigenvalue weighted by molar-refractivity contribution is 7.46. The maximum Gasteiger partial charge on any atom is 0.267 e. The van der Waals surface area contributed by atoms with E-state index in [9.17, 15) is 42.3 Å². The Morgan fingerprint density at radius 2 is 0.829 bits per heavy atom. The average Bonchev–Trinajstić information content (AvgIpc) is 2.78. The minimum absolute atomic E-state index is 0. The largest absolute Gasteiger partial charge is 0.756 e. The lowest BCUT2D eigenvalue weighted by molar-refractivity contribution is -0.230. The zero-order valence-corrected chi connectivity index (χ0v) is 24.0. The summed E-state index contributed by atoms with van der Waals surface area (Å²) >= 11 is 0. The highest BCUT2D eigenvalue weighted by atomic mass is 31.2. The van der Waals surface area contributed by atoms with E-state index in [4.69, 9.17) is 9.79 Å². The van der Waals surface area contributed by atoms with Crippen molar-refractivity contribution in [2.45, 2.75) is 22.3 Å². The molecule has 0 amide bonds. The van der Waals surface area contributed by atoms with E-state index in [-0.39, 0.29) is 35.4 Å². The summed E-state index contributed by atoms with van der Waals surface area (Å²) in [6, 6.07) is 0. The van der Waals surface area contributed by atoms with Crippen LogP contribution in [0.1, 0.15) is 22.3 Å². The average molecular weight is 689 g/mol. The van der Waals surface area contributed by atoms with Gasteiger partial charge in [0.1, 0.15) is 0 Å². The molecule has 0 aliphatic carbocycles. The van der Waals surface area contributed by atoms with Gasteiger partial charge in [-0.25, -0.2) is 0 Å². The number of hydrogen-bond acceptors (Lipinski definition) is 17. The van der Waals surface area contributed by atoms with Gasteiger partial charge in [-0.2, -0.15) is 5.54 Å². The molecule has 0 aromatic rings. The molecule has 0 rings (SSSR count). The molecule has 0 bridgehead atoms. The second-order valence-electron chi connectivity index (χ2n) is 7.66. The Morgan fingerprint density at radius 1 is 0.585 bits per heavy atom. The molecular formula is C17H44FN3O16P4-4. The molecule has 0 saturated heterocycles. The van der Waals surface area contributed by atoms with Crippen LogP contribution < -0.4 is 35.7 Å². The van der Waals surface area contributed by atoms with Crippen LogP contribution in [0.25, 0.3) is 0 Å². The molecule has 41 heavy (non-hydrogen) atoms. The second-order valence-corrected chi connectivity index (χ2v) is 12.9. The third-order valence-corrected chi connectivity index (χ3v) is 6.98. The monoisotopic (exact) mass is 689 g/mol. The van der Waals surface area contributed by atoms with Gasteiger partial charge in [-0.3, -0.25) is 18.3 Å². The Kier molecular flexibility index (Phi) is 27.7. The van der Waals surface area contributed by atoms with Crippen LogP contribution in [0.15, 0.2) is 0 Å². The fraction of sp³-hybridized carbons (Fsp3) is 1.00. The molecule has 254 valence electrons. The number of phosphoric acid groups is 4. The number of nitrogens with one attached hydrogen (secondary N) is 3. The van der Waals surface area contributed by atoms with E-state index in [2.05, 4.69) is 37.8 Å². The van der Waals surface area contributed by atoms with Gasteiger partial charge in [-0.15, -0.1) is 4.48 Å². The van der Waals surface area contributed by atoms with Crippen molar-refractivity contribution >= 4 is 31.3 Å². The quantitative estimate of drug-likeness (QED) is 0.0576. The van der Waals surface area contributed by atoms with E-state index in [1.54, 1.807) is 0 Å². The molecule has 0 aromatic heterocycles. The van der Waals surface area contributed by atoms with Crippen LogP contribution in [0, 0.1) is 17.8 Å². The third-order valence-electron chi connectivity index (χ3n) is 4.17. The first kappa shape index (κ1) is 48.2. The lowest BCUT2D eigenvalue weighted by Gasteiger charge is -2.29. The van der Waals surface area contributed by atoms with Crippen molar-refractivity contribution in [1.29, 1.82) is 0 Å². The summed E-state index contributed by atoms with van der Waals surface area (Å²) in [7, 11) is -17.3. The third kappa shape index (κ3) is 28.8. The molecule has 0 aliphatic heterocycles. The predicted molar refractivity (Wildman–Crippen MR) is 138 cm³/mol.